The molecule has 12 heteroatoms. The Hall–Kier alpha value is -3.90. The van der Waals surface area contributed by atoms with Crippen LogP contribution in [0.25, 0.3) is 0 Å². The molecule has 3 fully saturated rings. The lowest BCUT2D eigenvalue weighted by atomic mass is 9.88. The summed E-state index contributed by atoms with van der Waals surface area (Å²) in [5, 5.41) is 3.53. The number of ether oxygens (including phenoxy) is 2. The van der Waals surface area contributed by atoms with Crippen LogP contribution in [0.1, 0.15) is 47.6 Å². The van der Waals surface area contributed by atoms with Crippen LogP contribution >= 0.6 is 0 Å². The van der Waals surface area contributed by atoms with Gasteiger partial charge in [-0.15, -0.1) is 0 Å². The lowest BCUT2D eigenvalue weighted by molar-refractivity contribution is 0.0815. The Kier molecular flexibility index (Phi) is 7.57. The van der Waals surface area contributed by atoms with Crippen LogP contribution < -0.4 is 15.0 Å². The quantitative estimate of drug-likeness (QED) is 0.449. The molecule has 2 aromatic carbocycles. The maximum Gasteiger partial charge on any atom is 0.410 e. The molecule has 3 aromatic rings. The number of likely N-dealkylation sites (tertiary alicyclic amines) is 2. The van der Waals surface area contributed by atoms with Gasteiger partial charge < -0.3 is 24.6 Å². The van der Waals surface area contributed by atoms with Gasteiger partial charge in [-0.2, -0.15) is 0 Å². The van der Waals surface area contributed by atoms with Crippen molar-refractivity contribution < 1.29 is 22.7 Å². The van der Waals surface area contributed by atoms with Crippen LogP contribution in [-0.4, -0.2) is 91.1 Å². The van der Waals surface area contributed by atoms with Crippen LogP contribution in [0.3, 0.4) is 0 Å². The Bertz CT molecular complexity index is 1650. The van der Waals surface area contributed by atoms with E-state index in [1.807, 2.05) is 47.1 Å². The molecule has 4 aliphatic heterocycles. The molecular formula is C32H38N6O5S. The van der Waals surface area contributed by atoms with Gasteiger partial charge >= 0.3 is 6.09 Å². The van der Waals surface area contributed by atoms with Crippen LogP contribution in [0.2, 0.25) is 0 Å². The summed E-state index contributed by atoms with van der Waals surface area (Å²) < 4.78 is 36.1. The SMILES string of the molecule is Cc1cc(C2CN([C@H]3CCN(C(=O)OCc4ccccc4)C3)C2)cc2c1O[C@H](C)c1c(ncnc1N1CCS(=O)(=O)CC1)N2. The Balaban J connectivity index is 1.00. The third-order valence-corrected chi connectivity index (χ3v) is 10.9. The van der Waals surface area contributed by atoms with Gasteiger partial charge in [0.1, 0.15) is 36.4 Å². The predicted octanol–water partition coefficient (Wildman–Crippen LogP) is 4.03. The molecule has 5 heterocycles. The van der Waals surface area contributed by atoms with Crippen LogP contribution in [0.5, 0.6) is 5.75 Å². The Morgan fingerprint density at radius 3 is 2.61 bits per heavy atom. The number of hydrogen-bond acceptors (Lipinski definition) is 10. The highest BCUT2D eigenvalue weighted by Crippen LogP contribution is 2.45. The zero-order chi connectivity index (χ0) is 30.4. The standard InChI is InChI=1S/C32H38N6O5S/c1-21-14-24(25-16-38(17-25)26-8-9-37(18-26)32(39)42-19-23-6-4-3-5-7-23)15-27-29(21)43-22(2)28-30(35-27)33-20-34-31(28)36-10-12-44(40,41)13-11-36/h3-7,14-15,20,22,25-26H,8-13,16-19H2,1-2H3,(H,33,34,35)/t22-,26+/m1/s1. The molecular weight excluding hydrogens is 580 g/mol. The highest BCUT2D eigenvalue weighted by Gasteiger charge is 2.39. The minimum atomic E-state index is -3.01. The highest BCUT2D eigenvalue weighted by molar-refractivity contribution is 7.91. The van der Waals surface area contributed by atoms with Crippen molar-refractivity contribution in [3.05, 3.63) is 71.0 Å². The van der Waals surface area contributed by atoms with Gasteiger partial charge in [0, 0.05) is 51.2 Å². The van der Waals surface area contributed by atoms with E-state index in [0.29, 0.717) is 50.6 Å². The minimum Gasteiger partial charge on any atom is -0.483 e. The number of carbonyl (C=O) groups is 1. The van der Waals surface area contributed by atoms with E-state index in [-0.39, 0.29) is 23.7 Å². The number of amides is 1. The molecule has 0 unspecified atom stereocenters. The van der Waals surface area contributed by atoms with Crippen molar-refractivity contribution in [1.82, 2.24) is 19.8 Å². The van der Waals surface area contributed by atoms with Crippen molar-refractivity contribution in [3.8, 4) is 5.75 Å². The predicted molar refractivity (Wildman–Crippen MR) is 167 cm³/mol. The second-order valence-corrected chi connectivity index (χ2v) is 14.6. The van der Waals surface area contributed by atoms with Crippen molar-refractivity contribution in [2.45, 2.75) is 44.9 Å². The molecule has 0 aliphatic carbocycles. The van der Waals surface area contributed by atoms with Crippen LogP contribution in [-0.2, 0) is 21.2 Å². The molecule has 4 aliphatic rings. The van der Waals surface area contributed by atoms with Crippen LogP contribution in [0.15, 0.2) is 48.8 Å². The van der Waals surface area contributed by atoms with Gasteiger partial charge in [-0.1, -0.05) is 36.4 Å². The summed E-state index contributed by atoms with van der Waals surface area (Å²) in [7, 11) is -3.01. The number of rotatable bonds is 5. The van der Waals surface area contributed by atoms with Crippen molar-refractivity contribution in [3.63, 3.8) is 0 Å². The molecule has 3 saturated heterocycles. The average molecular weight is 619 g/mol. The molecule has 0 radical (unpaired) electrons. The molecule has 1 aromatic heterocycles. The van der Waals surface area contributed by atoms with E-state index in [4.69, 9.17) is 9.47 Å². The lowest BCUT2D eigenvalue weighted by Crippen LogP contribution is -2.51. The van der Waals surface area contributed by atoms with E-state index in [0.717, 1.165) is 53.5 Å². The number of aryl methyl sites for hydroxylation is 1. The van der Waals surface area contributed by atoms with Crippen LogP contribution in [0, 0.1) is 6.92 Å². The first-order valence-electron chi connectivity index (χ1n) is 15.3. The Labute approximate surface area is 258 Å². The number of fused-ring (bicyclic) bond motifs is 2. The van der Waals surface area contributed by atoms with E-state index in [1.165, 1.54) is 11.9 Å². The summed E-state index contributed by atoms with van der Waals surface area (Å²) >= 11 is 0. The van der Waals surface area contributed by atoms with Gasteiger partial charge in [0.15, 0.2) is 9.84 Å². The number of sulfone groups is 1. The third-order valence-electron chi connectivity index (χ3n) is 9.28. The maximum absolute atomic E-state index is 12.7. The zero-order valence-corrected chi connectivity index (χ0v) is 25.9. The van der Waals surface area contributed by atoms with Crippen molar-refractivity contribution >= 4 is 33.3 Å². The molecule has 44 heavy (non-hydrogen) atoms. The van der Waals surface area contributed by atoms with Crippen molar-refractivity contribution in [2.75, 3.05) is 61.0 Å². The number of carbonyl (C=O) groups excluding carboxylic acids is 1. The molecule has 1 amide bonds. The van der Waals surface area contributed by atoms with Gasteiger partial charge in [-0.25, -0.2) is 23.2 Å². The fraction of sp³-hybridized carbons (Fsp3) is 0.469. The molecule has 0 spiro atoms. The van der Waals surface area contributed by atoms with Gasteiger partial charge in [-0.05, 0) is 43.0 Å². The summed E-state index contributed by atoms with van der Waals surface area (Å²) in [6.07, 6.45) is 1.92. The summed E-state index contributed by atoms with van der Waals surface area (Å²) in [5.41, 5.74) is 5.01. The smallest absolute Gasteiger partial charge is 0.410 e. The summed E-state index contributed by atoms with van der Waals surface area (Å²) in [4.78, 5) is 28.1. The first-order valence-corrected chi connectivity index (χ1v) is 17.1. The van der Waals surface area contributed by atoms with Gasteiger partial charge in [-0.3, -0.25) is 4.90 Å². The Morgan fingerprint density at radius 1 is 1.07 bits per heavy atom. The van der Waals surface area contributed by atoms with Crippen molar-refractivity contribution in [1.29, 1.82) is 0 Å². The topological polar surface area (TPSA) is 117 Å². The molecule has 0 saturated carbocycles. The summed E-state index contributed by atoms with van der Waals surface area (Å²) in [6, 6.07) is 14.5. The van der Waals surface area contributed by atoms with Crippen LogP contribution in [0.4, 0.5) is 22.1 Å². The van der Waals surface area contributed by atoms with E-state index in [1.54, 1.807) is 0 Å². The third kappa shape index (κ3) is 5.68. The average Bonchev–Trinajstić information content (AvgIpc) is 3.41. The number of hydrogen-bond donors (Lipinski definition) is 1. The molecule has 0 bridgehead atoms. The first kappa shape index (κ1) is 28.8. The molecule has 232 valence electrons. The maximum atomic E-state index is 12.7. The fourth-order valence-corrected chi connectivity index (χ4v) is 7.93. The largest absolute Gasteiger partial charge is 0.483 e. The van der Waals surface area contributed by atoms with E-state index >= 15 is 0 Å². The molecule has 2 atom stereocenters. The number of anilines is 3. The molecule has 1 N–H and O–H groups in total. The number of nitrogens with zero attached hydrogens (tertiary/aromatic N) is 5. The lowest BCUT2D eigenvalue weighted by Gasteiger charge is -2.43. The summed E-state index contributed by atoms with van der Waals surface area (Å²) in [6.45, 7) is 8.44. The van der Waals surface area contributed by atoms with E-state index in [9.17, 15) is 13.2 Å². The highest BCUT2D eigenvalue weighted by atomic mass is 32.2. The second-order valence-electron chi connectivity index (χ2n) is 12.3. The second kappa shape index (κ2) is 11.6. The van der Waals surface area contributed by atoms with Gasteiger partial charge in [0.2, 0.25) is 0 Å². The number of benzene rings is 2. The number of aromatic nitrogens is 2. The summed E-state index contributed by atoms with van der Waals surface area (Å²) in [5.74, 6) is 2.82. The van der Waals surface area contributed by atoms with Crippen molar-refractivity contribution in [2.24, 2.45) is 0 Å². The Morgan fingerprint density at radius 2 is 1.84 bits per heavy atom. The minimum absolute atomic E-state index is 0.118. The number of nitrogens with one attached hydrogen (secondary N) is 1. The van der Waals surface area contributed by atoms with Gasteiger partial charge in [0.25, 0.3) is 0 Å². The van der Waals surface area contributed by atoms with Gasteiger partial charge in [0.05, 0.1) is 22.8 Å². The normalized spacial score (nSPS) is 23.0. The van der Waals surface area contributed by atoms with E-state index in [2.05, 4.69) is 39.2 Å². The monoisotopic (exact) mass is 618 g/mol. The van der Waals surface area contributed by atoms with E-state index < -0.39 is 9.84 Å². The first-order chi connectivity index (χ1) is 21.2. The fourth-order valence-electron chi connectivity index (χ4n) is 6.72. The molecule has 7 rings (SSSR count). The molecule has 11 nitrogen and oxygen atoms in total. The zero-order valence-electron chi connectivity index (χ0n) is 25.1.